The molecule has 0 amide bonds. The van der Waals surface area contributed by atoms with E-state index in [-0.39, 0.29) is 5.75 Å². The number of nitrogens with zero attached hydrogens (tertiary/aromatic N) is 3. The van der Waals surface area contributed by atoms with Gasteiger partial charge in [0, 0.05) is 13.2 Å². The second kappa shape index (κ2) is 5.75. The molecule has 92 valence electrons. The van der Waals surface area contributed by atoms with Crippen LogP contribution in [0.25, 0.3) is 0 Å². The molecular weight excluding hydrogens is 238 g/mol. The second-order valence-electron chi connectivity index (χ2n) is 3.62. The predicted octanol–water partition coefficient (Wildman–Crippen LogP) is 1.32. The average Bonchev–Trinajstić information content (AvgIpc) is 2.31. The molecule has 0 spiro atoms. The maximum Gasteiger partial charge on any atom is 0.215 e. The van der Waals surface area contributed by atoms with Crippen LogP contribution < -0.4 is 0 Å². The molecule has 0 aliphatic rings. The Morgan fingerprint density at radius 2 is 2.24 bits per heavy atom. The van der Waals surface area contributed by atoms with E-state index < -0.39 is 16.1 Å². The molecule has 0 N–H and O–H groups in total. The van der Waals surface area contributed by atoms with Gasteiger partial charge in [-0.3, -0.25) is 4.98 Å². The molecule has 0 saturated heterocycles. The third kappa shape index (κ3) is 3.25. The van der Waals surface area contributed by atoms with Crippen molar-refractivity contribution in [3.8, 4) is 6.07 Å². The first-order valence-corrected chi connectivity index (χ1v) is 6.90. The van der Waals surface area contributed by atoms with E-state index >= 15 is 0 Å². The van der Waals surface area contributed by atoms with Gasteiger partial charge in [0.1, 0.15) is 0 Å². The summed E-state index contributed by atoms with van der Waals surface area (Å²) in [5.41, 5.74) is 0.442. The monoisotopic (exact) mass is 253 g/mol. The molecule has 1 atom stereocenters. The summed E-state index contributed by atoms with van der Waals surface area (Å²) in [6.45, 7) is 1.79. The molecule has 0 fully saturated rings. The van der Waals surface area contributed by atoms with E-state index in [0.717, 1.165) is 4.31 Å². The molecule has 1 heterocycles. The zero-order chi connectivity index (χ0) is 12.9. The third-order valence-electron chi connectivity index (χ3n) is 2.35. The van der Waals surface area contributed by atoms with Crippen LogP contribution >= 0.6 is 0 Å². The minimum Gasteiger partial charge on any atom is -0.258 e. The summed E-state index contributed by atoms with van der Waals surface area (Å²) in [6, 6.07) is 6.19. The lowest BCUT2D eigenvalue weighted by molar-refractivity contribution is 0.426. The first-order valence-electron chi connectivity index (χ1n) is 5.29. The van der Waals surface area contributed by atoms with E-state index in [1.165, 1.54) is 7.05 Å². The highest BCUT2D eigenvalue weighted by Crippen LogP contribution is 2.19. The molecule has 6 heteroatoms. The Morgan fingerprint density at radius 3 is 2.71 bits per heavy atom. The van der Waals surface area contributed by atoms with Crippen LogP contribution in [0.3, 0.4) is 0 Å². The van der Waals surface area contributed by atoms with Crippen LogP contribution in [0.15, 0.2) is 24.4 Å². The van der Waals surface area contributed by atoms with E-state index in [2.05, 4.69) is 4.98 Å². The lowest BCUT2D eigenvalue weighted by Gasteiger charge is -2.21. The van der Waals surface area contributed by atoms with Crippen molar-refractivity contribution >= 4 is 10.0 Å². The fourth-order valence-corrected chi connectivity index (χ4v) is 2.71. The van der Waals surface area contributed by atoms with E-state index in [1.54, 1.807) is 31.3 Å². The average molecular weight is 253 g/mol. The number of sulfonamides is 1. The molecule has 0 saturated carbocycles. The van der Waals surface area contributed by atoms with Crippen LogP contribution in [0.5, 0.6) is 0 Å². The van der Waals surface area contributed by atoms with Gasteiger partial charge in [-0.05, 0) is 18.6 Å². The first kappa shape index (κ1) is 13.6. The Kier molecular flexibility index (Phi) is 4.61. The summed E-state index contributed by atoms with van der Waals surface area (Å²) in [5.74, 6) is 0.0362. The molecule has 1 unspecified atom stereocenters. The van der Waals surface area contributed by atoms with Crippen molar-refractivity contribution in [2.24, 2.45) is 0 Å². The number of aromatic nitrogens is 1. The van der Waals surface area contributed by atoms with Crippen molar-refractivity contribution in [2.75, 3.05) is 12.8 Å². The molecule has 0 radical (unpaired) electrons. The molecule has 0 aliphatic heterocycles. The van der Waals surface area contributed by atoms with E-state index in [9.17, 15) is 8.42 Å². The van der Waals surface area contributed by atoms with Crippen LogP contribution in [0.4, 0.5) is 0 Å². The number of pyridine rings is 1. The Hall–Kier alpha value is -1.45. The van der Waals surface area contributed by atoms with Gasteiger partial charge in [-0.15, -0.1) is 0 Å². The van der Waals surface area contributed by atoms with Crippen LogP contribution in [-0.2, 0) is 10.0 Å². The normalized spacial score (nSPS) is 13.3. The molecule has 1 rings (SSSR count). The second-order valence-corrected chi connectivity index (χ2v) is 5.77. The number of hydrogen-bond donors (Lipinski definition) is 0. The number of nitriles is 1. The van der Waals surface area contributed by atoms with Gasteiger partial charge in [0.2, 0.25) is 10.0 Å². The lowest BCUT2D eigenvalue weighted by atomic mass is 10.2. The summed E-state index contributed by atoms with van der Waals surface area (Å²) in [7, 11) is -1.99. The summed E-state index contributed by atoms with van der Waals surface area (Å²) in [4.78, 5) is 4.02. The first-order chi connectivity index (χ1) is 8.03. The van der Waals surface area contributed by atoms with Gasteiger partial charge in [0.25, 0.3) is 0 Å². The highest BCUT2D eigenvalue weighted by molar-refractivity contribution is 7.89. The van der Waals surface area contributed by atoms with Gasteiger partial charge in [-0.1, -0.05) is 13.0 Å². The van der Waals surface area contributed by atoms with E-state index in [4.69, 9.17) is 5.26 Å². The quantitative estimate of drug-likeness (QED) is 0.793. The van der Waals surface area contributed by atoms with Crippen molar-refractivity contribution in [3.05, 3.63) is 30.1 Å². The zero-order valence-corrected chi connectivity index (χ0v) is 10.7. The fourth-order valence-electron chi connectivity index (χ4n) is 1.43. The summed E-state index contributed by atoms with van der Waals surface area (Å²) in [5, 5.41) is 9.09. The van der Waals surface area contributed by atoms with Crippen LogP contribution in [-0.4, -0.2) is 30.5 Å². The highest BCUT2D eigenvalue weighted by atomic mass is 32.2. The van der Waals surface area contributed by atoms with Crippen LogP contribution in [0, 0.1) is 11.3 Å². The summed E-state index contributed by atoms with van der Waals surface area (Å²) < 4.78 is 24.8. The van der Waals surface area contributed by atoms with Crippen molar-refractivity contribution in [2.45, 2.75) is 19.4 Å². The molecule has 0 bridgehead atoms. The van der Waals surface area contributed by atoms with Crippen molar-refractivity contribution in [3.63, 3.8) is 0 Å². The van der Waals surface area contributed by atoms with Gasteiger partial charge in [-0.25, -0.2) is 8.42 Å². The highest BCUT2D eigenvalue weighted by Gasteiger charge is 2.27. The zero-order valence-electron chi connectivity index (χ0n) is 9.87. The minimum absolute atomic E-state index is 0.0362. The fraction of sp³-hybridized carbons (Fsp3) is 0.455. The minimum atomic E-state index is -3.40. The summed E-state index contributed by atoms with van der Waals surface area (Å²) in [6.07, 6.45) is 2.06. The van der Waals surface area contributed by atoms with Crippen LogP contribution in [0.2, 0.25) is 0 Å². The Bertz CT molecular complexity index is 493. The topological polar surface area (TPSA) is 74.1 Å². The largest absolute Gasteiger partial charge is 0.258 e. The number of hydrogen-bond acceptors (Lipinski definition) is 4. The Labute approximate surface area is 102 Å². The molecule has 17 heavy (non-hydrogen) atoms. The van der Waals surface area contributed by atoms with Gasteiger partial charge < -0.3 is 0 Å². The van der Waals surface area contributed by atoms with Crippen molar-refractivity contribution in [1.29, 1.82) is 5.26 Å². The maximum absolute atomic E-state index is 11.9. The Morgan fingerprint density at radius 1 is 1.53 bits per heavy atom. The van der Waals surface area contributed by atoms with Gasteiger partial charge in [-0.2, -0.15) is 9.57 Å². The van der Waals surface area contributed by atoms with Gasteiger partial charge in [0.15, 0.2) is 6.04 Å². The smallest absolute Gasteiger partial charge is 0.215 e. The molecule has 1 aromatic rings. The maximum atomic E-state index is 11.9. The van der Waals surface area contributed by atoms with Crippen molar-refractivity contribution < 1.29 is 8.42 Å². The SMILES string of the molecule is CCCS(=O)(=O)N(C)C(C#N)c1ccccn1. The Balaban J connectivity index is 3.02. The lowest BCUT2D eigenvalue weighted by Crippen LogP contribution is -2.32. The van der Waals surface area contributed by atoms with Crippen molar-refractivity contribution in [1.82, 2.24) is 9.29 Å². The van der Waals surface area contributed by atoms with Crippen LogP contribution in [0.1, 0.15) is 25.1 Å². The van der Waals surface area contributed by atoms with Gasteiger partial charge >= 0.3 is 0 Å². The molecule has 5 nitrogen and oxygen atoms in total. The number of rotatable bonds is 5. The summed E-state index contributed by atoms with van der Waals surface area (Å²) >= 11 is 0. The molecular formula is C11H15N3O2S. The molecule has 1 aromatic heterocycles. The third-order valence-corrected chi connectivity index (χ3v) is 4.37. The standard InChI is InChI=1S/C11H15N3O2S/c1-3-8-17(15,16)14(2)11(9-12)10-6-4-5-7-13-10/h4-7,11H,3,8H2,1-2H3. The van der Waals surface area contributed by atoms with Gasteiger partial charge in [0.05, 0.1) is 17.5 Å². The van der Waals surface area contributed by atoms with E-state index in [1.807, 2.05) is 6.07 Å². The predicted molar refractivity (Wildman–Crippen MR) is 64.4 cm³/mol. The molecule has 0 aliphatic carbocycles. The molecule has 0 aromatic carbocycles. The van der Waals surface area contributed by atoms with E-state index in [0.29, 0.717) is 12.1 Å².